The van der Waals surface area contributed by atoms with Crippen LogP contribution in [0.2, 0.25) is 5.02 Å². The van der Waals surface area contributed by atoms with Crippen LogP contribution in [0.3, 0.4) is 0 Å². The first-order chi connectivity index (χ1) is 10.5. The van der Waals surface area contributed by atoms with E-state index in [1.807, 2.05) is 0 Å². The highest BCUT2D eigenvalue weighted by molar-refractivity contribution is 6.31. The van der Waals surface area contributed by atoms with Crippen molar-refractivity contribution in [2.75, 3.05) is 0 Å². The third-order valence-electron chi connectivity index (χ3n) is 3.14. The lowest BCUT2D eigenvalue weighted by molar-refractivity contribution is -0.138. The van der Waals surface area contributed by atoms with Crippen LogP contribution in [-0.4, -0.2) is 17.1 Å². The van der Waals surface area contributed by atoms with Gasteiger partial charge in [0.2, 0.25) is 0 Å². The number of rotatable bonds is 6. The lowest BCUT2D eigenvalue weighted by Crippen LogP contribution is -2.32. The smallest absolute Gasteiger partial charge is 0.320 e. The maximum Gasteiger partial charge on any atom is 0.320 e. The highest BCUT2D eigenvalue weighted by Gasteiger charge is 2.12. The van der Waals surface area contributed by atoms with Crippen LogP contribution in [0.5, 0.6) is 5.75 Å². The molecule has 0 aliphatic carbocycles. The molecule has 116 valence electrons. The summed E-state index contributed by atoms with van der Waals surface area (Å²) in [7, 11) is 0. The third-order valence-corrected chi connectivity index (χ3v) is 3.50. The maximum atomic E-state index is 13.6. The van der Waals surface area contributed by atoms with Crippen LogP contribution in [0.4, 0.5) is 4.39 Å². The van der Waals surface area contributed by atoms with Gasteiger partial charge in [-0.3, -0.25) is 4.79 Å². The van der Waals surface area contributed by atoms with Crippen molar-refractivity contribution in [3.8, 4) is 5.75 Å². The number of carboxylic acids is 1. The Kier molecular flexibility index (Phi) is 5.35. The molecule has 1 atom stereocenters. The summed E-state index contributed by atoms with van der Waals surface area (Å²) >= 11 is 5.92. The van der Waals surface area contributed by atoms with Crippen LogP contribution in [0.15, 0.2) is 42.5 Å². The van der Waals surface area contributed by atoms with E-state index in [1.165, 1.54) is 12.1 Å². The molecule has 2 rings (SSSR count). The second kappa shape index (κ2) is 7.24. The van der Waals surface area contributed by atoms with Crippen LogP contribution in [0.1, 0.15) is 11.1 Å². The average molecular weight is 324 g/mol. The summed E-state index contributed by atoms with van der Waals surface area (Å²) in [6.07, 6.45) is 0.231. The van der Waals surface area contributed by atoms with Crippen molar-refractivity contribution in [2.45, 2.75) is 19.1 Å². The zero-order valence-electron chi connectivity index (χ0n) is 11.6. The van der Waals surface area contributed by atoms with Crippen molar-refractivity contribution in [1.82, 2.24) is 0 Å². The van der Waals surface area contributed by atoms with Gasteiger partial charge >= 0.3 is 5.97 Å². The summed E-state index contributed by atoms with van der Waals surface area (Å²) in [6, 6.07) is 10.3. The van der Waals surface area contributed by atoms with Gasteiger partial charge < -0.3 is 15.6 Å². The second-order valence-electron chi connectivity index (χ2n) is 4.78. The summed E-state index contributed by atoms with van der Waals surface area (Å²) < 4.78 is 19.1. The predicted molar refractivity (Wildman–Crippen MR) is 81.5 cm³/mol. The molecule has 4 nitrogen and oxygen atoms in total. The lowest BCUT2D eigenvalue weighted by Gasteiger charge is -2.10. The summed E-state index contributed by atoms with van der Waals surface area (Å²) in [5, 5.41) is 9.07. The SMILES string of the molecule is NC(Cc1ccc(OCc2c(F)cccc2Cl)cc1)C(=O)O. The normalized spacial score (nSPS) is 12.0. The molecule has 0 spiro atoms. The van der Waals surface area contributed by atoms with Gasteiger partial charge in [0.1, 0.15) is 24.2 Å². The standard InChI is InChI=1S/C16H15ClFNO3/c17-13-2-1-3-14(18)12(13)9-22-11-6-4-10(5-7-11)8-15(19)16(20)21/h1-7,15H,8-9,19H2,(H,20,21). The molecule has 6 heteroatoms. The van der Waals surface area contributed by atoms with Crippen LogP contribution in [0, 0.1) is 5.82 Å². The molecule has 0 amide bonds. The Morgan fingerprint density at radius 2 is 1.95 bits per heavy atom. The number of ether oxygens (including phenoxy) is 1. The topological polar surface area (TPSA) is 72.5 Å². The largest absolute Gasteiger partial charge is 0.489 e. The van der Waals surface area contributed by atoms with Crippen LogP contribution < -0.4 is 10.5 Å². The quantitative estimate of drug-likeness (QED) is 0.857. The molecule has 0 fully saturated rings. The summed E-state index contributed by atoms with van der Waals surface area (Å²) in [4.78, 5) is 10.7. The summed E-state index contributed by atoms with van der Waals surface area (Å²) in [6.45, 7) is 0.0134. The van der Waals surface area contributed by atoms with Crippen molar-refractivity contribution < 1.29 is 19.0 Å². The Hall–Kier alpha value is -2.11. The van der Waals surface area contributed by atoms with Crippen LogP contribution >= 0.6 is 11.6 Å². The van der Waals surface area contributed by atoms with Gasteiger partial charge in [-0.1, -0.05) is 29.8 Å². The number of hydrogen-bond donors (Lipinski definition) is 2. The number of aliphatic carboxylic acids is 1. The number of nitrogens with two attached hydrogens (primary N) is 1. The second-order valence-corrected chi connectivity index (χ2v) is 5.19. The fourth-order valence-electron chi connectivity index (χ4n) is 1.89. The first-order valence-electron chi connectivity index (χ1n) is 6.60. The Morgan fingerprint density at radius 1 is 1.27 bits per heavy atom. The minimum absolute atomic E-state index is 0.0134. The predicted octanol–water partition coefficient (Wildman–Crippen LogP) is 3.01. The molecule has 2 aromatic rings. The van der Waals surface area contributed by atoms with Crippen molar-refractivity contribution in [3.63, 3.8) is 0 Å². The fourth-order valence-corrected chi connectivity index (χ4v) is 2.11. The summed E-state index contributed by atoms with van der Waals surface area (Å²) in [5.41, 5.74) is 6.54. The zero-order chi connectivity index (χ0) is 16.1. The minimum Gasteiger partial charge on any atom is -0.489 e. The van der Waals surface area contributed by atoms with E-state index in [9.17, 15) is 9.18 Å². The van der Waals surface area contributed by atoms with Crippen molar-refractivity contribution >= 4 is 17.6 Å². The number of halogens is 2. The first-order valence-corrected chi connectivity index (χ1v) is 6.98. The van der Waals surface area contributed by atoms with Crippen LogP contribution in [0.25, 0.3) is 0 Å². The van der Waals surface area contributed by atoms with E-state index in [-0.39, 0.29) is 13.0 Å². The molecule has 2 aromatic carbocycles. The van der Waals surface area contributed by atoms with E-state index < -0.39 is 17.8 Å². The Bertz CT molecular complexity index is 641. The van der Waals surface area contributed by atoms with E-state index >= 15 is 0 Å². The van der Waals surface area contributed by atoms with E-state index in [1.54, 1.807) is 30.3 Å². The molecular formula is C16H15ClFNO3. The van der Waals surface area contributed by atoms with Gasteiger partial charge in [-0.25, -0.2) is 4.39 Å². The maximum absolute atomic E-state index is 13.6. The van der Waals surface area contributed by atoms with Gasteiger partial charge in [-0.05, 0) is 36.2 Å². The average Bonchev–Trinajstić information content (AvgIpc) is 2.48. The van der Waals surface area contributed by atoms with E-state index in [0.29, 0.717) is 16.3 Å². The van der Waals surface area contributed by atoms with Crippen molar-refractivity contribution in [3.05, 3.63) is 64.4 Å². The molecule has 3 N–H and O–H groups in total. The number of carbonyl (C=O) groups is 1. The molecule has 0 aliphatic rings. The van der Waals surface area contributed by atoms with Crippen molar-refractivity contribution in [1.29, 1.82) is 0 Å². The zero-order valence-corrected chi connectivity index (χ0v) is 12.4. The Balaban J connectivity index is 1.98. The van der Waals surface area contributed by atoms with E-state index in [2.05, 4.69) is 0 Å². The summed E-state index contributed by atoms with van der Waals surface area (Å²) in [5.74, 6) is -0.932. The van der Waals surface area contributed by atoms with Crippen LogP contribution in [-0.2, 0) is 17.8 Å². The molecule has 0 saturated carbocycles. The van der Waals surface area contributed by atoms with Gasteiger partial charge in [0.15, 0.2) is 0 Å². The van der Waals surface area contributed by atoms with Gasteiger partial charge in [0, 0.05) is 5.56 Å². The fraction of sp³-hybridized carbons (Fsp3) is 0.188. The highest BCUT2D eigenvalue weighted by Crippen LogP contribution is 2.21. The minimum atomic E-state index is -1.05. The molecule has 22 heavy (non-hydrogen) atoms. The molecule has 0 radical (unpaired) electrons. The number of benzene rings is 2. The number of carboxylic acid groups (broad SMARTS) is 1. The molecule has 0 aliphatic heterocycles. The van der Waals surface area contributed by atoms with Gasteiger partial charge in [0.05, 0.1) is 5.02 Å². The van der Waals surface area contributed by atoms with E-state index in [0.717, 1.165) is 5.56 Å². The van der Waals surface area contributed by atoms with Gasteiger partial charge in [0.25, 0.3) is 0 Å². The first kappa shape index (κ1) is 16.3. The lowest BCUT2D eigenvalue weighted by atomic mass is 10.1. The molecular weight excluding hydrogens is 309 g/mol. The Morgan fingerprint density at radius 3 is 2.55 bits per heavy atom. The molecule has 0 heterocycles. The molecule has 0 saturated heterocycles. The molecule has 0 aromatic heterocycles. The number of hydrogen-bond acceptors (Lipinski definition) is 3. The third kappa shape index (κ3) is 4.19. The Labute approximate surface area is 132 Å². The van der Waals surface area contributed by atoms with Gasteiger partial charge in [-0.2, -0.15) is 0 Å². The van der Waals surface area contributed by atoms with Crippen molar-refractivity contribution in [2.24, 2.45) is 5.73 Å². The highest BCUT2D eigenvalue weighted by atomic mass is 35.5. The molecule has 0 bridgehead atoms. The van der Waals surface area contributed by atoms with E-state index in [4.69, 9.17) is 27.2 Å². The molecule has 1 unspecified atom stereocenters. The van der Waals surface area contributed by atoms with Gasteiger partial charge in [-0.15, -0.1) is 0 Å². The monoisotopic (exact) mass is 323 g/mol.